The van der Waals surface area contributed by atoms with Crippen molar-refractivity contribution >= 4 is 11.9 Å². The van der Waals surface area contributed by atoms with Gasteiger partial charge in [0.15, 0.2) is 0 Å². The van der Waals surface area contributed by atoms with Gasteiger partial charge < -0.3 is 9.57 Å². The van der Waals surface area contributed by atoms with E-state index in [0.717, 1.165) is 6.08 Å². The Labute approximate surface area is 63.7 Å². The zero-order valence-corrected chi connectivity index (χ0v) is 6.29. The van der Waals surface area contributed by atoms with Crippen molar-refractivity contribution < 1.29 is 19.2 Å². The van der Waals surface area contributed by atoms with E-state index in [1.807, 2.05) is 0 Å². The summed E-state index contributed by atoms with van der Waals surface area (Å²) in [5.41, 5.74) is 0.0966. The van der Waals surface area contributed by atoms with Crippen LogP contribution in [0.2, 0.25) is 0 Å². The maximum absolute atomic E-state index is 10.5. The number of hydrogen-bond donors (Lipinski definition) is 1. The first kappa shape index (κ1) is 9.64. The smallest absolute Gasteiger partial charge is 0.352 e. The second-order valence-electron chi connectivity index (χ2n) is 1.76. The summed E-state index contributed by atoms with van der Waals surface area (Å²) in [7, 11) is 1.21. The summed E-state index contributed by atoms with van der Waals surface area (Å²) in [5.74, 6) is 3.18. The summed E-state index contributed by atoms with van der Waals surface area (Å²) in [6.07, 6.45) is 0.995. The van der Waals surface area contributed by atoms with Crippen molar-refractivity contribution in [2.45, 2.75) is 6.92 Å². The van der Waals surface area contributed by atoms with Crippen LogP contribution in [0, 0.1) is 0 Å². The number of esters is 1. The van der Waals surface area contributed by atoms with Gasteiger partial charge in [-0.15, -0.1) is 0 Å². The maximum atomic E-state index is 10.5. The van der Waals surface area contributed by atoms with Crippen LogP contribution in [0.5, 0.6) is 0 Å². The Hall–Kier alpha value is -1.36. The van der Waals surface area contributed by atoms with E-state index >= 15 is 0 Å². The van der Waals surface area contributed by atoms with Gasteiger partial charge in [0.05, 0.1) is 7.11 Å². The Kier molecular flexibility index (Phi) is 3.90. The summed E-state index contributed by atoms with van der Waals surface area (Å²) >= 11 is 0. The third-order valence-electron chi connectivity index (χ3n) is 0.965. The Morgan fingerprint density at radius 1 is 1.45 bits per heavy atom. The molecule has 62 valence electrons. The van der Waals surface area contributed by atoms with E-state index in [-0.39, 0.29) is 5.57 Å². The van der Waals surface area contributed by atoms with Crippen molar-refractivity contribution in [2.24, 2.45) is 5.90 Å². The highest BCUT2D eigenvalue weighted by Crippen LogP contribution is 1.94. The lowest BCUT2D eigenvalue weighted by atomic mass is 10.3. The third kappa shape index (κ3) is 3.36. The predicted octanol–water partition coefficient (Wildman–Crippen LogP) is -0.477. The van der Waals surface area contributed by atoms with E-state index in [4.69, 9.17) is 0 Å². The number of carbonyl (C=O) groups excluding carboxylic acids is 2. The van der Waals surface area contributed by atoms with Gasteiger partial charge in [-0.3, -0.25) is 0 Å². The van der Waals surface area contributed by atoms with E-state index in [1.54, 1.807) is 0 Å². The number of methoxy groups -OCH3 is 1. The molecule has 0 aromatic carbocycles. The molecule has 0 unspecified atom stereocenters. The topological polar surface area (TPSA) is 78.6 Å². The first-order valence-corrected chi connectivity index (χ1v) is 2.79. The molecule has 5 nitrogen and oxygen atoms in total. The predicted molar refractivity (Wildman–Crippen MR) is 36.1 cm³/mol. The number of ether oxygens (including phenoxy) is 1. The van der Waals surface area contributed by atoms with Crippen LogP contribution in [0.15, 0.2) is 11.6 Å². The highest BCUT2D eigenvalue weighted by Gasteiger charge is 2.05. The summed E-state index contributed by atoms with van der Waals surface area (Å²) in [4.78, 5) is 24.9. The highest BCUT2D eigenvalue weighted by molar-refractivity contribution is 5.95. The molecule has 0 bridgehead atoms. The van der Waals surface area contributed by atoms with Gasteiger partial charge in [0.1, 0.15) is 0 Å². The molecule has 0 fully saturated rings. The molecule has 0 aliphatic heterocycles. The van der Waals surface area contributed by atoms with Gasteiger partial charge in [0.25, 0.3) is 0 Å². The average Bonchev–Trinajstić information content (AvgIpc) is 2.02. The lowest BCUT2D eigenvalue weighted by molar-refractivity contribution is -0.140. The molecule has 0 aliphatic rings. The summed E-state index contributed by atoms with van der Waals surface area (Å²) in [6.45, 7) is 1.39. The van der Waals surface area contributed by atoms with Crippen LogP contribution in [0.1, 0.15) is 6.92 Å². The first-order valence-electron chi connectivity index (χ1n) is 2.79. The molecular weight excluding hydrogens is 150 g/mol. The Morgan fingerprint density at radius 3 is 2.36 bits per heavy atom. The van der Waals surface area contributed by atoms with Crippen molar-refractivity contribution in [2.75, 3.05) is 7.11 Å². The van der Waals surface area contributed by atoms with Gasteiger partial charge in [-0.1, -0.05) is 0 Å². The molecule has 2 N–H and O–H groups in total. The Balaban J connectivity index is 4.21. The van der Waals surface area contributed by atoms with Gasteiger partial charge in [-0.25, -0.2) is 9.59 Å². The van der Waals surface area contributed by atoms with Gasteiger partial charge in [-0.05, 0) is 6.92 Å². The van der Waals surface area contributed by atoms with Crippen LogP contribution in [0.25, 0.3) is 0 Å². The van der Waals surface area contributed by atoms with Crippen molar-refractivity contribution in [1.29, 1.82) is 0 Å². The minimum atomic E-state index is -0.754. The number of carbonyl (C=O) groups is 2. The second kappa shape index (κ2) is 4.45. The van der Waals surface area contributed by atoms with Crippen molar-refractivity contribution in [3.8, 4) is 0 Å². The summed E-state index contributed by atoms with van der Waals surface area (Å²) in [5, 5.41) is 0. The van der Waals surface area contributed by atoms with Crippen LogP contribution in [0.3, 0.4) is 0 Å². The molecule has 0 heterocycles. The molecule has 0 aliphatic carbocycles. The Bertz CT molecular complexity index is 197. The summed E-state index contributed by atoms with van der Waals surface area (Å²) in [6, 6.07) is 0. The van der Waals surface area contributed by atoms with Gasteiger partial charge in [0.2, 0.25) is 0 Å². The molecule has 0 amide bonds. The van der Waals surface area contributed by atoms with Gasteiger partial charge >= 0.3 is 11.9 Å². The molecule has 0 aromatic rings. The lowest BCUT2D eigenvalue weighted by Gasteiger charge is -1.95. The molecule has 0 saturated carbocycles. The van der Waals surface area contributed by atoms with Crippen molar-refractivity contribution in [3.05, 3.63) is 11.6 Å². The molecule has 0 aromatic heterocycles. The van der Waals surface area contributed by atoms with Crippen LogP contribution >= 0.6 is 0 Å². The highest BCUT2D eigenvalue weighted by atomic mass is 16.7. The lowest BCUT2D eigenvalue weighted by Crippen LogP contribution is -2.12. The fourth-order valence-corrected chi connectivity index (χ4v) is 0.388. The van der Waals surface area contributed by atoms with Gasteiger partial charge in [0, 0.05) is 11.6 Å². The zero-order chi connectivity index (χ0) is 8.85. The Morgan fingerprint density at radius 2 is 2.00 bits per heavy atom. The van der Waals surface area contributed by atoms with Gasteiger partial charge in [-0.2, -0.15) is 5.90 Å². The zero-order valence-electron chi connectivity index (χ0n) is 6.29. The van der Waals surface area contributed by atoms with Crippen LogP contribution in [-0.4, -0.2) is 19.0 Å². The van der Waals surface area contributed by atoms with Crippen LogP contribution in [-0.2, 0) is 19.2 Å². The van der Waals surface area contributed by atoms with Crippen LogP contribution in [0.4, 0.5) is 0 Å². The fourth-order valence-electron chi connectivity index (χ4n) is 0.388. The molecule has 5 heteroatoms. The number of hydrogen-bond acceptors (Lipinski definition) is 5. The van der Waals surface area contributed by atoms with Crippen LogP contribution < -0.4 is 5.90 Å². The maximum Gasteiger partial charge on any atom is 0.352 e. The van der Waals surface area contributed by atoms with E-state index in [9.17, 15) is 9.59 Å². The van der Waals surface area contributed by atoms with E-state index in [2.05, 4.69) is 15.5 Å². The minimum absolute atomic E-state index is 0.0966. The fraction of sp³-hybridized carbons (Fsp3) is 0.333. The largest absolute Gasteiger partial charge is 0.466 e. The molecule has 0 radical (unpaired) electrons. The minimum Gasteiger partial charge on any atom is -0.466 e. The van der Waals surface area contributed by atoms with E-state index in [0.29, 0.717) is 0 Å². The SMILES string of the molecule is COC(=O)/C=C(/C)C(=O)ON. The molecule has 11 heavy (non-hydrogen) atoms. The third-order valence-corrected chi connectivity index (χ3v) is 0.965. The van der Waals surface area contributed by atoms with Crippen molar-refractivity contribution in [1.82, 2.24) is 0 Å². The summed E-state index contributed by atoms with van der Waals surface area (Å²) < 4.78 is 4.25. The number of nitrogens with two attached hydrogens (primary N) is 1. The van der Waals surface area contributed by atoms with E-state index < -0.39 is 11.9 Å². The molecule has 0 saturated heterocycles. The number of rotatable bonds is 2. The average molecular weight is 159 g/mol. The first-order chi connectivity index (χ1) is 5.11. The normalized spacial score (nSPS) is 10.6. The second-order valence-corrected chi connectivity index (χ2v) is 1.76. The monoisotopic (exact) mass is 159 g/mol. The molecule has 0 rings (SSSR count). The molecule has 0 spiro atoms. The van der Waals surface area contributed by atoms with Crippen molar-refractivity contribution in [3.63, 3.8) is 0 Å². The standard InChI is InChI=1S/C6H9NO4/c1-4(6(9)11-7)3-5(8)10-2/h3H,7H2,1-2H3/b4-3-. The molecular formula is C6H9NO4. The van der Waals surface area contributed by atoms with E-state index in [1.165, 1.54) is 14.0 Å². The quantitative estimate of drug-likeness (QED) is 0.334. The molecule has 0 atom stereocenters.